The molecule has 0 saturated carbocycles. The number of hydrogen-bond donors (Lipinski definition) is 1. The Morgan fingerprint density at radius 2 is 1.14 bits per heavy atom. The third-order valence-corrected chi connectivity index (χ3v) is 5.40. The number of unbranched alkanes of at least 4 members (excludes halogenated alkanes) is 9. The third kappa shape index (κ3) is 11.4. The topological polar surface area (TPSA) is 77.4 Å². The quantitative estimate of drug-likeness (QED) is 0.293. The van der Waals surface area contributed by atoms with Gasteiger partial charge in [-0.2, -0.15) is 0 Å². The van der Waals surface area contributed by atoms with Crippen molar-refractivity contribution in [3.05, 3.63) is 0 Å². The minimum absolute atomic E-state index is 0. The van der Waals surface area contributed by atoms with Gasteiger partial charge in [0.25, 0.3) is 0 Å². The Kier molecular flexibility index (Phi) is 16.2. The smallest absolute Gasteiger partial charge is 0.746 e. The summed E-state index contributed by atoms with van der Waals surface area (Å²) in [6.07, 6.45) is 11.5. The number of hydrogen-bond acceptors (Lipinski definition) is 4. The van der Waals surface area contributed by atoms with E-state index >= 15 is 0 Å². The van der Waals surface area contributed by atoms with E-state index in [4.69, 9.17) is 0 Å². The van der Waals surface area contributed by atoms with Crippen molar-refractivity contribution in [1.29, 1.82) is 0 Å². The van der Waals surface area contributed by atoms with E-state index in [1.165, 1.54) is 32.1 Å². The van der Waals surface area contributed by atoms with E-state index in [0.717, 1.165) is 25.7 Å². The molecule has 0 fully saturated rings. The molecule has 0 aromatic heterocycles. The van der Waals surface area contributed by atoms with Gasteiger partial charge in [0.15, 0.2) is 4.93 Å². The Bertz CT molecular complexity index is 346. The maximum Gasteiger partial charge on any atom is 1.00 e. The Hall–Kier alpha value is 0.870. The first-order chi connectivity index (χ1) is 9.87. The molecule has 0 aliphatic carbocycles. The fourth-order valence-electron chi connectivity index (χ4n) is 2.54. The van der Waals surface area contributed by atoms with Crippen LogP contribution in [0.25, 0.3) is 0 Å². The Morgan fingerprint density at radius 3 is 1.55 bits per heavy atom. The number of rotatable bonds is 14. The first kappa shape index (κ1) is 25.1. The number of aliphatic hydroxyl groups is 1. The van der Waals surface area contributed by atoms with Gasteiger partial charge in [0.1, 0.15) is 10.1 Å². The molecule has 0 saturated heterocycles. The molecule has 22 heavy (non-hydrogen) atoms. The first-order valence-electron chi connectivity index (χ1n) is 8.55. The molecule has 0 aromatic carbocycles. The fourth-order valence-corrected chi connectivity index (χ4v) is 3.33. The second-order valence-corrected chi connectivity index (χ2v) is 7.75. The molecule has 0 radical (unpaired) electrons. The van der Waals surface area contributed by atoms with Crippen LogP contribution in [0.4, 0.5) is 0 Å². The zero-order chi connectivity index (χ0) is 16.2. The monoisotopic (exact) mass is 344 g/mol. The molecule has 0 aromatic rings. The van der Waals surface area contributed by atoms with Crippen LogP contribution >= 0.6 is 0 Å². The molecule has 0 spiro atoms. The van der Waals surface area contributed by atoms with Gasteiger partial charge in [-0.05, 0) is 25.7 Å². The summed E-state index contributed by atoms with van der Waals surface area (Å²) < 4.78 is 33.7. The second-order valence-electron chi connectivity index (χ2n) is 6.08. The van der Waals surface area contributed by atoms with Crippen LogP contribution in [-0.2, 0) is 10.1 Å². The van der Waals surface area contributed by atoms with Crippen LogP contribution in [0.1, 0.15) is 97.3 Å². The molecule has 1 atom stereocenters. The summed E-state index contributed by atoms with van der Waals surface area (Å²) in [6.45, 7) is 4.11. The molecule has 0 amide bonds. The molecule has 1 unspecified atom stereocenters. The van der Waals surface area contributed by atoms with E-state index in [0.29, 0.717) is 12.8 Å². The standard InChI is InChI=1S/C16H34O4S.Na/c1-3-5-7-8-9-10-11-12-13-15-16(17,14-6-4-2)21(18,19)20;/h17H,3-15H2,1-2H3,(H,18,19,20);/q;+1/p-1. The van der Waals surface area contributed by atoms with Gasteiger partial charge in [0.05, 0.1) is 0 Å². The van der Waals surface area contributed by atoms with Gasteiger partial charge >= 0.3 is 29.6 Å². The van der Waals surface area contributed by atoms with E-state index in [-0.39, 0.29) is 42.4 Å². The van der Waals surface area contributed by atoms with Crippen LogP contribution in [-0.4, -0.2) is 23.0 Å². The van der Waals surface area contributed by atoms with Crippen LogP contribution < -0.4 is 29.6 Å². The summed E-state index contributed by atoms with van der Waals surface area (Å²) in [5.41, 5.74) is 0. The average Bonchev–Trinajstić information content (AvgIpc) is 2.42. The maximum atomic E-state index is 11.2. The average molecular weight is 344 g/mol. The van der Waals surface area contributed by atoms with Crippen LogP contribution in [0, 0.1) is 0 Å². The van der Waals surface area contributed by atoms with Crippen LogP contribution in [0.5, 0.6) is 0 Å². The summed E-state index contributed by atoms with van der Waals surface area (Å²) in [5, 5.41) is 10.1. The van der Waals surface area contributed by atoms with Crippen molar-refractivity contribution in [1.82, 2.24) is 0 Å². The zero-order valence-corrected chi connectivity index (χ0v) is 17.6. The first-order valence-corrected chi connectivity index (χ1v) is 9.96. The van der Waals surface area contributed by atoms with Crippen molar-refractivity contribution in [3.63, 3.8) is 0 Å². The van der Waals surface area contributed by atoms with Crippen molar-refractivity contribution in [2.24, 2.45) is 0 Å². The van der Waals surface area contributed by atoms with Gasteiger partial charge in [-0.25, -0.2) is 8.42 Å². The van der Waals surface area contributed by atoms with Gasteiger partial charge in [0, 0.05) is 0 Å². The van der Waals surface area contributed by atoms with E-state index in [1.807, 2.05) is 6.92 Å². The summed E-state index contributed by atoms with van der Waals surface area (Å²) in [5.74, 6) is 0. The molecular weight excluding hydrogens is 311 g/mol. The Morgan fingerprint density at radius 1 is 0.773 bits per heavy atom. The predicted octanol–water partition coefficient (Wildman–Crippen LogP) is 1.34. The molecule has 128 valence electrons. The minimum Gasteiger partial charge on any atom is -0.746 e. The summed E-state index contributed by atoms with van der Waals surface area (Å²) in [7, 11) is -4.64. The van der Waals surface area contributed by atoms with Gasteiger partial charge < -0.3 is 9.66 Å². The van der Waals surface area contributed by atoms with E-state index in [2.05, 4.69) is 6.92 Å². The molecule has 6 heteroatoms. The van der Waals surface area contributed by atoms with Crippen molar-refractivity contribution < 1.29 is 47.6 Å². The normalized spacial score (nSPS) is 14.4. The molecular formula is C16H33NaO4S. The maximum absolute atomic E-state index is 11.2. The summed E-state index contributed by atoms with van der Waals surface area (Å²) in [4.78, 5) is -2.05. The van der Waals surface area contributed by atoms with Gasteiger partial charge in [-0.1, -0.05) is 71.6 Å². The fraction of sp³-hybridized carbons (Fsp3) is 1.00. The van der Waals surface area contributed by atoms with Crippen molar-refractivity contribution >= 4 is 10.1 Å². The molecule has 0 rings (SSSR count). The van der Waals surface area contributed by atoms with E-state index in [1.54, 1.807) is 0 Å². The molecule has 0 aliphatic heterocycles. The second kappa shape index (κ2) is 14.2. The molecule has 0 aliphatic rings. The van der Waals surface area contributed by atoms with Gasteiger partial charge in [-0.15, -0.1) is 0 Å². The molecule has 0 heterocycles. The van der Waals surface area contributed by atoms with Crippen LogP contribution in [0.3, 0.4) is 0 Å². The predicted molar refractivity (Wildman–Crippen MR) is 86.0 cm³/mol. The van der Waals surface area contributed by atoms with E-state index in [9.17, 15) is 18.1 Å². The summed E-state index contributed by atoms with van der Waals surface area (Å²) >= 11 is 0. The van der Waals surface area contributed by atoms with Gasteiger partial charge in [-0.3, -0.25) is 0 Å². The molecule has 4 nitrogen and oxygen atoms in total. The Balaban J connectivity index is 0. The van der Waals surface area contributed by atoms with Crippen molar-refractivity contribution in [3.8, 4) is 0 Å². The zero-order valence-electron chi connectivity index (χ0n) is 14.8. The molecule has 1 N–H and O–H groups in total. The van der Waals surface area contributed by atoms with Crippen LogP contribution in [0.15, 0.2) is 0 Å². The summed E-state index contributed by atoms with van der Waals surface area (Å²) in [6, 6.07) is 0. The SMILES string of the molecule is CCCCCCCCCCCC(O)(CCCC)S(=O)(=O)[O-].[Na+]. The largest absolute Gasteiger partial charge is 1.00 e. The third-order valence-electron chi connectivity index (χ3n) is 4.06. The van der Waals surface area contributed by atoms with Crippen molar-refractivity contribution in [2.45, 2.75) is 102 Å². The Labute approximate surface area is 159 Å². The van der Waals surface area contributed by atoms with Crippen molar-refractivity contribution in [2.75, 3.05) is 0 Å². The van der Waals surface area contributed by atoms with Gasteiger partial charge in [0.2, 0.25) is 0 Å². The minimum atomic E-state index is -4.64. The van der Waals surface area contributed by atoms with Crippen LogP contribution in [0.2, 0.25) is 0 Å². The van der Waals surface area contributed by atoms with E-state index < -0.39 is 15.1 Å². The molecule has 0 bridgehead atoms.